The van der Waals surface area contributed by atoms with E-state index < -0.39 is 0 Å². The molecule has 2 aromatic heterocycles. The van der Waals surface area contributed by atoms with Crippen molar-refractivity contribution in [2.75, 3.05) is 6.61 Å². The maximum atomic E-state index is 5.95. The molecule has 21 heavy (non-hydrogen) atoms. The second-order valence-electron chi connectivity index (χ2n) is 4.95. The number of fused-ring (bicyclic) bond motifs is 1. The lowest BCUT2D eigenvalue weighted by Crippen LogP contribution is -1.98. The fourth-order valence-corrected chi connectivity index (χ4v) is 2.34. The first-order valence-corrected chi connectivity index (χ1v) is 7.51. The summed E-state index contributed by atoms with van der Waals surface area (Å²) in [5.74, 6) is 0.865. The topological polar surface area (TPSA) is 26.5 Å². The van der Waals surface area contributed by atoms with Crippen molar-refractivity contribution in [2.45, 2.75) is 19.8 Å². The van der Waals surface area contributed by atoms with Gasteiger partial charge in [-0.3, -0.25) is 4.40 Å². The summed E-state index contributed by atoms with van der Waals surface area (Å²) in [6.07, 6.45) is 6.05. The van der Waals surface area contributed by atoms with E-state index in [0.717, 1.165) is 47.1 Å². The van der Waals surface area contributed by atoms with Gasteiger partial charge < -0.3 is 4.74 Å². The summed E-state index contributed by atoms with van der Waals surface area (Å²) in [7, 11) is 0. The SMILES string of the molecule is CCCCOc1ccc2ncc(-c3ccc(Cl)cc3)n2c1. The molecule has 0 saturated carbocycles. The van der Waals surface area contributed by atoms with Crippen LogP contribution in [0.2, 0.25) is 5.02 Å². The van der Waals surface area contributed by atoms with Gasteiger partial charge in [-0.05, 0) is 30.7 Å². The van der Waals surface area contributed by atoms with Crippen LogP contribution in [-0.4, -0.2) is 16.0 Å². The number of pyridine rings is 1. The fourth-order valence-electron chi connectivity index (χ4n) is 2.22. The van der Waals surface area contributed by atoms with Gasteiger partial charge in [-0.15, -0.1) is 0 Å². The van der Waals surface area contributed by atoms with Gasteiger partial charge in [0.1, 0.15) is 11.4 Å². The molecule has 0 amide bonds. The van der Waals surface area contributed by atoms with Crippen LogP contribution in [0.4, 0.5) is 0 Å². The Morgan fingerprint density at radius 3 is 2.71 bits per heavy atom. The molecule has 1 aromatic carbocycles. The smallest absolute Gasteiger partial charge is 0.137 e. The maximum Gasteiger partial charge on any atom is 0.137 e. The monoisotopic (exact) mass is 300 g/mol. The lowest BCUT2D eigenvalue weighted by atomic mass is 10.2. The first kappa shape index (κ1) is 14.0. The summed E-state index contributed by atoms with van der Waals surface area (Å²) in [5, 5.41) is 0.733. The summed E-state index contributed by atoms with van der Waals surface area (Å²) in [5.41, 5.74) is 3.02. The molecule has 0 fully saturated rings. The van der Waals surface area contributed by atoms with Crippen LogP contribution in [-0.2, 0) is 0 Å². The average Bonchev–Trinajstić information content (AvgIpc) is 2.92. The van der Waals surface area contributed by atoms with Crippen molar-refractivity contribution in [3.05, 3.63) is 53.8 Å². The van der Waals surface area contributed by atoms with Crippen LogP contribution in [0.1, 0.15) is 19.8 Å². The maximum absolute atomic E-state index is 5.95. The van der Waals surface area contributed by atoms with Gasteiger partial charge in [0.15, 0.2) is 0 Å². The van der Waals surface area contributed by atoms with Crippen LogP contribution in [0.5, 0.6) is 5.75 Å². The third kappa shape index (κ3) is 3.03. The zero-order valence-electron chi connectivity index (χ0n) is 11.9. The Hall–Kier alpha value is -2.00. The van der Waals surface area contributed by atoms with Gasteiger partial charge in [0, 0.05) is 10.6 Å². The number of benzene rings is 1. The molecular formula is C17H17ClN2O. The van der Waals surface area contributed by atoms with Crippen LogP contribution in [0, 0.1) is 0 Å². The Labute approximate surface area is 129 Å². The Morgan fingerprint density at radius 2 is 1.95 bits per heavy atom. The molecule has 0 aliphatic rings. The van der Waals surface area contributed by atoms with Crippen LogP contribution in [0.3, 0.4) is 0 Å². The highest BCUT2D eigenvalue weighted by Crippen LogP contribution is 2.24. The largest absolute Gasteiger partial charge is 0.492 e. The van der Waals surface area contributed by atoms with Gasteiger partial charge >= 0.3 is 0 Å². The first-order valence-electron chi connectivity index (χ1n) is 7.14. The van der Waals surface area contributed by atoms with E-state index in [-0.39, 0.29) is 0 Å². The summed E-state index contributed by atoms with van der Waals surface area (Å²) < 4.78 is 7.81. The van der Waals surface area contributed by atoms with E-state index in [1.807, 2.05) is 53.2 Å². The number of halogens is 1. The van der Waals surface area contributed by atoms with Gasteiger partial charge in [-0.1, -0.05) is 37.1 Å². The molecular weight excluding hydrogens is 284 g/mol. The van der Waals surface area contributed by atoms with Crippen molar-refractivity contribution in [3.8, 4) is 17.0 Å². The summed E-state index contributed by atoms with van der Waals surface area (Å²) in [6, 6.07) is 11.7. The van der Waals surface area contributed by atoms with Crippen molar-refractivity contribution >= 4 is 17.2 Å². The number of hydrogen-bond acceptors (Lipinski definition) is 2. The third-order valence-electron chi connectivity index (χ3n) is 3.39. The lowest BCUT2D eigenvalue weighted by molar-refractivity contribution is 0.308. The Balaban J connectivity index is 1.95. The molecule has 0 saturated heterocycles. The van der Waals surface area contributed by atoms with Gasteiger partial charge in [-0.2, -0.15) is 0 Å². The summed E-state index contributed by atoms with van der Waals surface area (Å²) in [6.45, 7) is 2.90. The molecule has 3 aromatic rings. The van der Waals surface area contributed by atoms with Gasteiger partial charge in [0.2, 0.25) is 0 Å². The van der Waals surface area contributed by atoms with Gasteiger partial charge in [0.05, 0.1) is 24.7 Å². The third-order valence-corrected chi connectivity index (χ3v) is 3.64. The van der Waals surface area contributed by atoms with Crippen LogP contribution < -0.4 is 4.74 Å². The van der Waals surface area contributed by atoms with E-state index in [0.29, 0.717) is 0 Å². The molecule has 4 heteroatoms. The van der Waals surface area contributed by atoms with E-state index in [1.165, 1.54) is 0 Å². The highest BCUT2D eigenvalue weighted by molar-refractivity contribution is 6.30. The van der Waals surface area contributed by atoms with E-state index in [1.54, 1.807) is 0 Å². The molecule has 0 N–H and O–H groups in total. The Morgan fingerprint density at radius 1 is 1.14 bits per heavy atom. The molecule has 108 valence electrons. The number of unbranched alkanes of at least 4 members (excludes halogenated alkanes) is 1. The number of hydrogen-bond donors (Lipinski definition) is 0. The van der Waals surface area contributed by atoms with Crippen molar-refractivity contribution in [1.29, 1.82) is 0 Å². The Kier molecular flexibility index (Phi) is 4.11. The second-order valence-corrected chi connectivity index (χ2v) is 5.38. The molecule has 0 radical (unpaired) electrons. The van der Waals surface area contributed by atoms with Crippen molar-refractivity contribution in [2.24, 2.45) is 0 Å². The standard InChI is InChI=1S/C17H17ClN2O/c1-2-3-10-21-15-8-9-17-19-11-16(20(17)12-15)13-4-6-14(18)7-5-13/h4-9,11-12H,2-3,10H2,1H3. The summed E-state index contributed by atoms with van der Waals surface area (Å²) in [4.78, 5) is 4.43. The number of nitrogens with zero attached hydrogens (tertiary/aromatic N) is 2. The fraction of sp³-hybridized carbons (Fsp3) is 0.235. The van der Waals surface area contributed by atoms with E-state index in [4.69, 9.17) is 16.3 Å². The molecule has 0 unspecified atom stereocenters. The van der Waals surface area contributed by atoms with Gasteiger partial charge in [-0.25, -0.2) is 4.98 Å². The minimum absolute atomic E-state index is 0.733. The predicted octanol–water partition coefficient (Wildman–Crippen LogP) is 4.83. The highest BCUT2D eigenvalue weighted by atomic mass is 35.5. The molecule has 2 heterocycles. The average molecular weight is 301 g/mol. The van der Waals surface area contributed by atoms with Crippen LogP contribution in [0.25, 0.3) is 16.9 Å². The number of rotatable bonds is 5. The van der Waals surface area contributed by atoms with Gasteiger partial charge in [0.25, 0.3) is 0 Å². The molecule has 3 nitrogen and oxygen atoms in total. The van der Waals surface area contributed by atoms with Crippen molar-refractivity contribution in [1.82, 2.24) is 9.38 Å². The molecule has 0 aliphatic carbocycles. The first-order chi connectivity index (χ1) is 10.3. The van der Waals surface area contributed by atoms with Crippen LogP contribution in [0.15, 0.2) is 48.8 Å². The lowest BCUT2D eigenvalue weighted by Gasteiger charge is -2.07. The zero-order chi connectivity index (χ0) is 14.7. The predicted molar refractivity (Wildman–Crippen MR) is 86.0 cm³/mol. The quantitative estimate of drug-likeness (QED) is 0.631. The molecule has 0 spiro atoms. The van der Waals surface area contributed by atoms with Crippen molar-refractivity contribution < 1.29 is 4.74 Å². The van der Waals surface area contributed by atoms with Crippen LogP contribution >= 0.6 is 11.6 Å². The molecule has 3 rings (SSSR count). The molecule has 0 atom stereocenters. The van der Waals surface area contributed by atoms with Crippen molar-refractivity contribution in [3.63, 3.8) is 0 Å². The summed E-state index contributed by atoms with van der Waals surface area (Å²) >= 11 is 5.95. The second kappa shape index (κ2) is 6.19. The highest BCUT2D eigenvalue weighted by Gasteiger charge is 2.07. The Bertz CT molecular complexity index is 734. The zero-order valence-corrected chi connectivity index (χ0v) is 12.7. The van der Waals surface area contributed by atoms with E-state index in [2.05, 4.69) is 11.9 Å². The minimum Gasteiger partial charge on any atom is -0.492 e. The molecule has 0 aliphatic heterocycles. The van der Waals surface area contributed by atoms with E-state index in [9.17, 15) is 0 Å². The molecule has 0 bridgehead atoms. The number of ether oxygens (including phenoxy) is 1. The normalized spacial score (nSPS) is 11.0. The van der Waals surface area contributed by atoms with E-state index >= 15 is 0 Å². The minimum atomic E-state index is 0.733. The number of aromatic nitrogens is 2. The number of imidazole rings is 1.